The Hall–Kier alpha value is -3.59. The first kappa shape index (κ1) is 25.0. The summed E-state index contributed by atoms with van der Waals surface area (Å²) in [5, 5.41) is 9.54. The lowest BCUT2D eigenvalue weighted by Gasteiger charge is -2.08. The standard InChI is InChI=1S/C23H17Cl3N4O4/c24-16-4-1-2-6-18(16)28-20(31)13-34-15-10-8-14(9-11-15)12-27-30-23(33)22(32)29-19-7-3-5-17(25)21(19)26/h1-12H,13H2,(H,28,31)(H,29,32)(H,30,33)/b27-12-. The van der Waals surface area contributed by atoms with Gasteiger partial charge in [-0.25, -0.2) is 5.43 Å². The molecule has 0 saturated heterocycles. The molecule has 0 saturated carbocycles. The number of benzene rings is 3. The van der Waals surface area contributed by atoms with E-state index in [0.717, 1.165) is 0 Å². The molecule has 3 rings (SSSR count). The Bertz CT molecular complexity index is 1230. The van der Waals surface area contributed by atoms with Crippen molar-refractivity contribution in [2.24, 2.45) is 5.10 Å². The highest BCUT2D eigenvalue weighted by molar-refractivity contribution is 6.45. The molecule has 0 aliphatic rings. The van der Waals surface area contributed by atoms with Crippen molar-refractivity contribution in [3.05, 3.63) is 87.4 Å². The highest BCUT2D eigenvalue weighted by atomic mass is 35.5. The van der Waals surface area contributed by atoms with E-state index in [4.69, 9.17) is 39.5 Å². The van der Waals surface area contributed by atoms with Crippen LogP contribution >= 0.6 is 34.8 Å². The van der Waals surface area contributed by atoms with E-state index in [2.05, 4.69) is 21.2 Å². The summed E-state index contributed by atoms with van der Waals surface area (Å²) in [7, 11) is 0. The lowest BCUT2D eigenvalue weighted by Crippen LogP contribution is -2.32. The number of hydrogen-bond acceptors (Lipinski definition) is 5. The number of carbonyl (C=O) groups excluding carboxylic acids is 3. The van der Waals surface area contributed by atoms with Crippen molar-refractivity contribution < 1.29 is 19.1 Å². The molecule has 0 aliphatic heterocycles. The fraction of sp³-hybridized carbons (Fsp3) is 0.0435. The van der Waals surface area contributed by atoms with Crippen molar-refractivity contribution in [2.45, 2.75) is 0 Å². The van der Waals surface area contributed by atoms with Crippen LogP contribution in [0.4, 0.5) is 11.4 Å². The van der Waals surface area contributed by atoms with Gasteiger partial charge in [-0.1, -0.05) is 53.0 Å². The summed E-state index contributed by atoms with van der Waals surface area (Å²) in [6.07, 6.45) is 1.34. The van der Waals surface area contributed by atoms with Gasteiger partial charge in [0, 0.05) is 0 Å². The smallest absolute Gasteiger partial charge is 0.329 e. The minimum Gasteiger partial charge on any atom is -0.484 e. The Morgan fingerprint density at radius 2 is 1.47 bits per heavy atom. The molecule has 0 fully saturated rings. The zero-order valence-electron chi connectivity index (χ0n) is 17.3. The average Bonchev–Trinajstić information content (AvgIpc) is 2.83. The Morgan fingerprint density at radius 1 is 0.794 bits per heavy atom. The maximum atomic E-state index is 12.0. The van der Waals surface area contributed by atoms with E-state index in [-0.39, 0.29) is 28.2 Å². The van der Waals surface area contributed by atoms with Crippen LogP contribution in [0.3, 0.4) is 0 Å². The van der Waals surface area contributed by atoms with E-state index >= 15 is 0 Å². The third-order valence-electron chi connectivity index (χ3n) is 4.18. The number of hydrogen-bond donors (Lipinski definition) is 3. The van der Waals surface area contributed by atoms with E-state index in [9.17, 15) is 14.4 Å². The van der Waals surface area contributed by atoms with Crippen LogP contribution in [0, 0.1) is 0 Å². The van der Waals surface area contributed by atoms with Crippen LogP contribution < -0.4 is 20.8 Å². The number of amides is 3. The Balaban J connectivity index is 1.45. The van der Waals surface area contributed by atoms with Crippen molar-refractivity contribution >= 4 is 70.1 Å². The Kier molecular flexibility index (Phi) is 8.86. The van der Waals surface area contributed by atoms with E-state index in [1.165, 1.54) is 12.3 Å². The molecule has 0 heterocycles. The van der Waals surface area contributed by atoms with Gasteiger partial charge in [0.15, 0.2) is 6.61 Å². The van der Waals surface area contributed by atoms with Gasteiger partial charge >= 0.3 is 11.8 Å². The lowest BCUT2D eigenvalue weighted by atomic mass is 10.2. The number of rotatable bonds is 7. The fourth-order valence-electron chi connectivity index (χ4n) is 2.54. The average molecular weight is 520 g/mol. The molecule has 3 N–H and O–H groups in total. The summed E-state index contributed by atoms with van der Waals surface area (Å²) in [5.74, 6) is -1.86. The lowest BCUT2D eigenvalue weighted by molar-refractivity contribution is -0.136. The molecule has 0 aromatic heterocycles. The first-order valence-electron chi connectivity index (χ1n) is 9.69. The zero-order valence-corrected chi connectivity index (χ0v) is 19.6. The molecule has 0 bridgehead atoms. The van der Waals surface area contributed by atoms with Crippen LogP contribution in [0.25, 0.3) is 0 Å². The number of ether oxygens (including phenoxy) is 1. The van der Waals surface area contributed by atoms with Crippen LogP contribution in [0.1, 0.15) is 5.56 Å². The first-order chi connectivity index (χ1) is 16.3. The highest BCUT2D eigenvalue weighted by Crippen LogP contribution is 2.29. The number of anilines is 2. The summed E-state index contributed by atoms with van der Waals surface area (Å²) < 4.78 is 5.44. The molecular weight excluding hydrogens is 503 g/mol. The SMILES string of the molecule is O=C(COc1ccc(/C=N\NC(=O)C(=O)Nc2cccc(Cl)c2Cl)cc1)Nc1ccccc1Cl. The second-order valence-electron chi connectivity index (χ2n) is 6.64. The third-order valence-corrected chi connectivity index (χ3v) is 5.33. The topological polar surface area (TPSA) is 109 Å². The third kappa shape index (κ3) is 7.21. The largest absolute Gasteiger partial charge is 0.484 e. The molecule has 0 atom stereocenters. The van der Waals surface area contributed by atoms with Crippen LogP contribution in [0.5, 0.6) is 5.75 Å². The summed E-state index contributed by atoms with van der Waals surface area (Å²) >= 11 is 17.9. The molecule has 174 valence electrons. The van der Waals surface area contributed by atoms with Gasteiger partial charge in [0.25, 0.3) is 5.91 Å². The fourth-order valence-corrected chi connectivity index (χ4v) is 3.07. The molecule has 0 spiro atoms. The van der Waals surface area contributed by atoms with Crippen LogP contribution in [-0.2, 0) is 14.4 Å². The quantitative estimate of drug-likeness (QED) is 0.238. The maximum absolute atomic E-state index is 12.0. The van der Waals surface area contributed by atoms with E-state index in [1.54, 1.807) is 60.7 Å². The number of nitrogens with one attached hydrogen (secondary N) is 3. The van der Waals surface area contributed by atoms with E-state index in [1.807, 2.05) is 0 Å². The molecule has 3 amide bonds. The van der Waals surface area contributed by atoms with Gasteiger partial charge in [-0.05, 0) is 54.1 Å². The molecular formula is C23H17Cl3N4O4. The van der Waals surface area contributed by atoms with Gasteiger partial charge in [0.2, 0.25) is 0 Å². The van der Waals surface area contributed by atoms with Crippen LogP contribution in [0.2, 0.25) is 15.1 Å². The summed E-state index contributed by atoms with van der Waals surface area (Å²) in [6, 6.07) is 18.1. The molecule has 0 aliphatic carbocycles. The van der Waals surface area contributed by atoms with Gasteiger partial charge in [-0.15, -0.1) is 0 Å². The molecule has 3 aromatic carbocycles. The summed E-state index contributed by atoms with van der Waals surface area (Å²) in [4.78, 5) is 35.9. The van der Waals surface area contributed by atoms with Gasteiger partial charge in [0.1, 0.15) is 5.75 Å². The van der Waals surface area contributed by atoms with Gasteiger partial charge < -0.3 is 15.4 Å². The van der Waals surface area contributed by atoms with Crippen molar-refractivity contribution in [2.75, 3.05) is 17.2 Å². The maximum Gasteiger partial charge on any atom is 0.329 e. The van der Waals surface area contributed by atoms with E-state index < -0.39 is 11.8 Å². The first-order valence-corrected chi connectivity index (χ1v) is 10.8. The van der Waals surface area contributed by atoms with Crippen molar-refractivity contribution in [1.29, 1.82) is 0 Å². The molecule has 0 unspecified atom stereocenters. The number of para-hydroxylation sites is 1. The normalized spacial score (nSPS) is 10.6. The van der Waals surface area contributed by atoms with Crippen molar-refractivity contribution in [3.8, 4) is 5.75 Å². The Morgan fingerprint density at radius 3 is 2.21 bits per heavy atom. The zero-order chi connectivity index (χ0) is 24.5. The second-order valence-corrected chi connectivity index (χ2v) is 7.83. The predicted octanol–water partition coefficient (Wildman–Crippen LogP) is 4.75. The summed E-state index contributed by atoms with van der Waals surface area (Å²) in [5.41, 5.74) is 3.43. The minimum atomic E-state index is -0.989. The molecule has 34 heavy (non-hydrogen) atoms. The van der Waals surface area contributed by atoms with Gasteiger partial charge in [-0.2, -0.15) is 5.10 Å². The van der Waals surface area contributed by atoms with Gasteiger partial charge in [-0.3, -0.25) is 14.4 Å². The van der Waals surface area contributed by atoms with Crippen LogP contribution in [0.15, 0.2) is 71.8 Å². The summed E-state index contributed by atoms with van der Waals surface area (Å²) in [6.45, 7) is -0.208. The molecule has 8 nitrogen and oxygen atoms in total. The molecule has 3 aromatic rings. The number of nitrogens with zero attached hydrogens (tertiary/aromatic N) is 1. The number of carbonyl (C=O) groups is 3. The van der Waals surface area contributed by atoms with Crippen molar-refractivity contribution in [3.63, 3.8) is 0 Å². The number of hydrazone groups is 1. The predicted molar refractivity (Wildman–Crippen MR) is 133 cm³/mol. The van der Waals surface area contributed by atoms with Crippen molar-refractivity contribution in [1.82, 2.24) is 5.43 Å². The molecule has 0 radical (unpaired) electrons. The van der Waals surface area contributed by atoms with E-state index in [0.29, 0.717) is 22.0 Å². The van der Waals surface area contributed by atoms with Crippen LogP contribution in [-0.4, -0.2) is 30.5 Å². The second kappa shape index (κ2) is 12.0. The number of halogens is 3. The minimum absolute atomic E-state index is 0.123. The molecule has 11 heteroatoms. The monoisotopic (exact) mass is 518 g/mol. The van der Waals surface area contributed by atoms with Gasteiger partial charge in [0.05, 0.1) is 32.7 Å². The Labute approximate surface area is 209 Å². The highest BCUT2D eigenvalue weighted by Gasteiger charge is 2.15.